The number of halogens is 1. The van der Waals surface area contributed by atoms with Gasteiger partial charge in [-0.3, -0.25) is 0 Å². The predicted octanol–water partition coefficient (Wildman–Crippen LogP) is 4.17. The Morgan fingerprint density at radius 3 is 2.53 bits per heavy atom. The zero-order chi connectivity index (χ0) is 13.9. The van der Waals surface area contributed by atoms with Gasteiger partial charge in [-0.25, -0.2) is 4.98 Å². The summed E-state index contributed by atoms with van der Waals surface area (Å²) >= 11 is 7.66. The van der Waals surface area contributed by atoms with Crippen LogP contribution in [0.5, 0.6) is 0 Å². The predicted molar refractivity (Wildman–Crippen MR) is 83.0 cm³/mol. The number of hydrogen-bond donors (Lipinski definition) is 1. The SMILES string of the molecule is CCNC(C)(Cc1ccc(Cl)cc1)c1nc(C)cs1. The van der Waals surface area contributed by atoms with Gasteiger partial charge in [0.05, 0.1) is 5.54 Å². The molecule has 0 aliphatic heterocycles. The summed E-state index contributed by atoms with van der Waals surface area (Å²) < 4.78 is 0. The second-order valence-electron chi connectivity index (χ2n) is 4.96. The smallest absolute Gasteiger partial charge is 0.113 e. The average molecular weight is 295 g/mol. The molecule has 0 aliphatic rings. The third-order valence-corrected chi connectivity index (χ3v) is 4.60. The van der Waals surface area contributed by atoms with Crippen LogP contribution in [0.1, 0.15) is 30.1 Å². The van der Waals surface area contributed by atoms with Gasteiger partial charge in [0.1, 0.15) is 5.01 Å². The summed E-state index contributed by atoms with van der Waals surface area (Å²) in [6.45, 7) is 7.29. The van der Waals surface area contributed by atoms with E-state index in [1.54, 1.807) is 11.3 Å². The molecule has 1 heterocycles. The van der Waals surface area contributed by atoms with Crippen LogP contribution >= 0.6 is 22.9 Å². The molecule has 0 saturated heterocycles. The van der Waals surface area contributed by atoms with E-state index in [9.17, 15) is 0 Å². The Morgan fingerprint density at radius 1 is 1.32 bits per heavy atom. The molecule has 0 radical (unpaired) electrons. The molecule has 102 valence electrons. The fourth-order valence-corrected chi connectivity index (χ4v) is 3.28. The highest BCUT2D eigenvalue weighted by atomic mass is 35.5. The van der Waals surface area contributed by atoms with Crippen LogP contribution in [0, 0.1) is 6.92 Å². The lowest BCUT2D eigenvalue weighted by molar-refractivity contribution is 0.371. The topological polar surface area (TPSA) is 24.9 Å². The molecule has 0 spiro atoms. The first kappa shape index (κ1) is 14.5. The molecular formula is C15H19ClN2S. The number of likely N-dealkylation sites (N-methyl/N-ethyl adjacent to an activating group) is 1. The van der Waals surface area contributed by atoms with Crippen molar-refractivity contribution < 1.29 is 0 Å². The largest absolute Gasteiger partial charge is 0.306 e. The van der Waals surface area contributed by atoms with Crippen LogP contribution in [-0.4, -0.2) is 11.5 Å². The Bertz CT molecular complexity index is 535. The summed E-state index contributed by atoms with van der Waals surface area (Å²) in [4.78, 5) is 4.65. The first-order valence-corrected chi connectivity index (χ1v) is 7.71. The molecule has 0 saturated carbocycles. The molecule has 1 aromatic carbocycles. The summed E-state index contributed by atoms with van der Waals surface area (Å²) in [5.41, 5.74) is 2.22. The van der Waals surface area contributed by atoms with Crippen molar-refractivity contribution in [1.29, 1.82) is 0 Å². The lowest BCUT2D eigenvalue weighted by Crippen LogP contribution is -2.41. The maximum Gasteiger partial charge on any atom is 0.113 e. The minimum atomic E-state index is -0.124. The fourth-order valence-electron chi connectivity index (χ4n) is 2.22. The Hall–Kier alpha value is -0.900. The van der Waals surface area contributed by atoms with Crippen LogP contribution in [0.2, 0.25) is 5.02 Å². The summed E-state index contributed by atoms with van der Waals surface area (Å²) in [5, 5.41) is 7.59. The number of thiazole rings is 1. The summed E-state index contributed by atoms with van der Waals surface area (Å²) in [5.74, 6) is 0. The van der Waals surface area contributed by atoms with Crippen molar-refractivity contribution in [2.45, 2.75) is 32.7 Å². The molecular weight excluding hydrogens is 276 g/mol. The van der Waals surface area contributed by atoms with Gasteiger partial charge in [-0.1, -0.05) is 30.7 Å². The number of aryl methyl sites for hydroxylation is 1. The normalized spacial score (nSPS) is 14.3. The first-order chi connectivity index (χ1) is 9.03. The van der Waals surface area contributed by atoms with Crippen molar-refractivity contribution in [2.24, 2.45) is 0 Å². The van der Waals surface area contributed by atoms with Gasteiger partial charge < -0.3 is 5.32 Å². The second-order valence-corrected chi connectivity index (χ2v) is 6.25. The number of nitrogens with one attached hydrogen (secondary N) is 1. The molecule has 2 rings (SSSR count). The molecule has 1 atom stereocenters. The minimum Gasteiger partial charge on any atom is -0.306 e. The van der Waals surface area contributed by atoms with E-state index in [1.165, 1.54) is 5.56 Å². The zero-order valence-corrected chi connectivity index (χ0v) is 13.1. The van der Waals surface area contributed by atoms with E-state index >= 15 is 0 Å². The van der Waals surface area contributed by atoms with Crippen molar-refractivity contribution >= 4 is 22.9 Å². The summed E-state index contributed by atoms with van der Waals surface area (Å²) in [6, 6.07) is 8.05. The van der Waals surface area contributed by atoms with E-state index in [1.807, 2.05) is 19.1 Å². The van der Waals surface area contributed by atoms with Gasteiger partial charge in [0.15, 0.2) is 0 Å². The molecule has 0 amide bonds. The number of rotatable bonds is 5. The van der Waals surface area contributed by atoms with E-state index in [-0.39, 0.29) is 5.54 Å². The number of hydrogen-bond acceptors (Lipinski definition) is 3. The second kappa shape index (κ2) is 6.04. The van der Waals surface area contributed by atoms with Crippen molar-refractivity contribution in [1.82, 2.24) is 10.3 Å². The highest BCUT2D eigenvalue weighted by Crippen LogP contribution is 2.28. The Labute approximate surface area is 123 Å². The summed E-state index contributed by atoms with van der Waals surface area (Å²) in [6.07, 6.45) is 0.908. The van der Waals surface area contributed by atoms with Gasteiger partial charge in [0.2, 0.25) is 0 Å². The number of aromatic nitrogens is 1. The molecule has 0 aliphatic carbocycles. The van der Waals surface area contributed by atoms with Crippen molar-refractivity contribution in [3.8, 4) is 0 Å². The molecule has 2 nitrogen and oxygen atoms in total. The lowest BCUT2D eigenvalue weighted by atomic mass is 9.93. The maximum atomic E-state index is 5.94. The highest BCUT2D eigenvalue weighted by molar-refractivity contribution is 7.09. The van der Waals surface area contributed by atoms with Crippen LogP contribution in [0.3, 0.4) is 0 Å². The van der Waals surface area contributed by atoms with Crippen LogP contribution in [0.4, 0.5) is 0 Å². The molecule has 19 heavy (non-hydrogen) atoms. The van der Waals surface area contributed by atoms with Gasteiger partial charge in [-0.05, 0) is 44.5 Å². The van der Waals surface area contributed by atoms with Gasteiger partial charge >= 0.3 is 0 Å². The number of benzene rings is 1. The fraction of sp³-hybridized carbons (Fsp3) is 0.400. The monoisotopic (exact) mass is 294 g/mol. The van der Waals surface area contributed by atoms with Crippen molar-refractivity contribution in [3.05, 3.63) is 50.9 Å². The van der Waals surface area contributed by atoms with Crippen LogP contribution in [0.25, 0.3) is 0 Å². The highest BCUT2D eigenvalue weighted by Gasteiger charge is 2.28. The minimum absolute atomic E-state index is 0.124. The molecule has 2 aromatic rings. The molecule has 0 fully saturated rings. The molecule has 0 bridgehead atoms. The number of nitrogens with zero attached hydrogens (tertiary/aromatic N) is 1. The van der Waals surface area contributed by atoms with Gasteiger partial charge in [-0.2, -0.15) is 0 Å². The lowest BCUT2D eigenvalue weighted by Gasteiger charge is -2.28. The van der Waals surface area contributed by atoms with Gasteiger partial charge in [0.25, 0.3) is 0 Å². The van der Waals surface area contributed by atoms with Crippen LogP contribution in [-0.2, 0) is 12.0 Å². The third kappa shape index (κ3) is 3.56. The van der Waals surface area contributed by atoms with Crippen LogP contribution in [0.15, 0.2) is 29.6 Å². The van der Waals surface area contributed by atoms with Gasteiger partial charge in [0, 0.05) is 16.1 Å². The van der Waals surface area contributed by atoms with E-state index in [0.717, 1.165) is 28.7 Å². The molecule has 1 unspecified atom stereocenters. The molecule has 1 N–H and O–H groups in total. The Kier molecular flexibility index (Phi) is 4.61. The van der Waals surface area contributed by atoms with E-state index in [2.05, 4.69) is 41.7 Å². The summed E-state index contributed by atoms with van der Waals surface area (Å²) in [7, 11) is 0. The Morgan fingerprint density at radius 2 is 2.00 bits per heavy atom. The van der Waals surface area contributed by atoms with E-state index in [4.69, 9.17) is 11.6 Å². The quantitative estimate of drug-likeness (QED) is 0.895. The van der Waals surface area contributed by atoms with Crippen molar-refractivity contribution in [3.63, 3.8) is 0 Å². The zero-order valence-electron chi connectivity index (χ0n) is 11.5. The van der Waals surface area contributed by atoms with Crippen molar-refractivity contribution in [2.75, 3.05) is 6.54 Å². The standard InChI is InChI=1S/C15H19ClN2S/c1-4-17-15(3,14-18-11(2)10-19-14)9-12-5-7-13(16)8-6-12/h5-8,10,17H,4,9H2,1-3H3. The maximum absolute atomic E-state index is 5.94. The Balaban J connectivity index is 2.26. The molecule has 4 heteroatoms. The van der Waals surface area contributed by atoms with Gasteiger partial charge in [-0.15, -0.1) is 11.3 Å². The van der Waals surface area contributed by atoms with E-state index in [0.29, 0.717) is 0 Å². The van der Waals surface area contributed by atoms with E-state index < -0.39 is 0 Å². The third-order valence-electron chi connectivity index (χ3n) is 3.13. The van der Waals surface area contributed by atoms with Crippen LogP contribution < -0.4 is 5.32 Å². The first-order valence-electron chi connectivity index (χ1n) is 6.45. The molecule has 1 aromatic heterocycles. The average Bonchev–Trinajstić information content (AvgIpc) is 2.80.